The average molecular weight is 670 g/mol. The fourth-order valence-corrected chi connectivity index (χ4v) is 4.53. The van der Waals surface area contributed by atoms with E-state index in [2.05, 4.69) is 10.3 Å². The van der Waals surface area contributed by atoms with Crippen LogP contribution in [0.5, 0.6) is 5.75 Å². The summed E-state index contributed by atoms with van der Waals surface area (Å²) in [5, 5.41) is 32.6. The summed E-state index contributed by atoms with van der Waals surface area (Å²) in [6.45, 7) is 3.52. The first-order valence-corrected chi connectivity index (χ1v) is 14.8. The molecule has 4 aromatic rings. The highest BCUT2D eigenvalue weighted by Crippen LogP contribution is 2.32. The van der Waals surface area contributed by atoms with Gasteiger partial charge >= 0.3 is 23.9 Å². The number of nitro groups is 1. The van der Waals surface area contributed by atoms with Crippen LogP contribution in [0.1, 0.15) is 27.6 Å². The number of hydrogen-bond donors (Lipinski definition) is 3. The lowest BCUT2D eigenvalue weighted by molar-refractivity contribution is -0.384. The van der Waals surface area contributed by atoms with Crippen molar-refractivity contribution >= 4 is 35.4 Å². The van der Waals surface area contributed by atoms with Crippen LogP contribution >= 0.6 is 0 Å². The maximum absolute atomic E-state index is 12.0. The van der Waals surface area contributed by atoms with Gasteiger partial charge in [-0.05, 0) is 42.8 Å². The number of carbonyl (C=O) groups excluding carboxylic acids is 2. The van der Waals surface area contributed by atoms with E-state index in [1.165, 1.54) is 54.6 Å². The molecular formula is C35H31N3O11. The average Bonchev–Trinajstić information content (AvgIpc) is 3.66. The summed E-state index contributed by atoms with van der Waals surface area (Å²) in [5.41, 5.74) is 1.69. The molecule has 0 saturated heterocycles. The molecule has 0 bridgehead atoms. The van der Waals surface area contributed by atoms with Crippen molar-refractivity contribution in [3.05, 3.63) is 130 Å². The monoisotopic (exact) mass is 669 g/mol. The second-order valence-corrected chi connectivity index (χ2v) is 10.3. The number of non-ortho nitro benzene ring substituents is 1. The Kier molecular flexibility index (Phi) is 12.1. The van der Waals surface area contributed by atoms with E-state index < -0.39 is 41.0 Å². The third-order valence-electron chi connectivity index (χ3n) is 6.89. The van der Waals surface area contributed by atoms with Crippen molar-refractivity contribution in [3.8, 4) is 16.9 Å². The zero-order valence-corrected chi connectivity index (χ0v) is 26.0. The predicted molar refractivity (Wildman–Crippen MR) is 175 cm³/mol. The number of aliphatic carboxylic acids is 2. The topological polar surface area (TPSA) is 204 Å². The normalized spacial score (nSPS) is 13.5. The number of hydrogen-bond acceptors (Lipinski definition) is 11. The molecule has 0 saturated carbocycles. The van der Waals surface area contributed by atoms with Crippen LogP contribution in [-0.2, 0) is 19.1 Å². The van der Waals surface area contributed by atoms with Gasteiger partial charge in [0.1, 0.15) is 11.6 Å². The first-order chi connectivity index (χ1) is 23.5. The zero-order chi connectivity index (χ0) is 35.3. The van der Waals surface area contributed by atoms with Crippen molar-refractivity contribution in [1.29, 1.82) is 0 Å². The van der Waals surface area contributed by atoms with Gasteiger partial charge in [-0.2, -0.15) is 0 Å². The molecule has 0 aliphatic carbocycles. The Morgan fingerprint density at radius 3 is 1.80 bits per heavy atom. The Labute approximate surface area is 279 Å². The van der Waals surface area contributed by atoms with E-state index in [4.69, 9.17) is 14.2 Å². The minimum Gasteiger partial charge on any atom is -0.482 e. The molecule has 5 rings (SSSR count). The lowest BCUT2D eigenvalue weighted by Crippen LogP contribution is -2.45. The molecule has 4 aromatic carbocycles. The molecule has 3 N–H and O–H groups in total. The largest absolute Gasteiger partial charge is 0.482 e. The Morgan fingerprint density at radius 1 is 0.776 bits per heavy atom. The summed E-state index contributed by atoms with van der Waals surface area (Å²) in [4.78, 5) is 61.8. The fourth-order valence-electron chi connectivity index (χ4n) is 4.53. The standard InChI is InChI=1S/C18H14O8.C17H17N3O3/c19-15(20)13(25-17(23)11-7-3-1-4-8-11)14(16(21)22)26-18(24)12-9-5-2-6-10-12;1-12(17-18-9-10-19-17)23-16-8-3-2-7-15(16)13-5-4-6-14(11-13)20(21)22/h1-10,13-14H,(H,19,20)(H,21,22);2-8,11-12H,9-10H2,1H3,(H,18,19)/t13-,14-;12-/m10/s1. The molecule has 0 amide bonds. The van der Waals surface area contributed by atoms with Gasteiger partial charge in [-0.1, -0.05) is 66.7 Å². The van der Waals surface area contributed by atoms with Crippen molar-refractivity contribution in [2.24, 2.45) is 4.99 Å². The van der Waals surface area contributed by atoms with Crippen molar-refractivity contribution < 1.29 is 48.5 Å². The summed E-state index contributed by atoms with van der Waals surface area (Å²) in [6, 6.07) is 28.9. The van der Waals surface area contributed by atoms with Gasteiger partial charge in [-0.3, -0.25) is 15.1 Å². The highest BCUT2D eigenvalue weighted by atomic mass is 16.6. The molecular weight excluding hydrogens is 638 g/mol. The number of carbonyl (C=O) groups is 4. The van der Waals surface area contributed by atoms with Crippen LogP contribution in [-0.4, -0.2) is 76.3 Å². The maximum atomic E-state index is 12.0. The Bertz CT molecular complexity index is 1760. The van der Waals surface area contributed by atoms with Crippen molar-refractivity contribution in [2.75, 3.05) is 13.1 Å². The van der Waals surface area contributed by atoms with E-state index in [0.717, 1.165) is 30.1 Å². The molecule has 0 aromatic heterocycles. The number of amidine groups is 1. The molecule has 1 aliphatic heterocycles. The number of esters is 2. The number of para-hydroxylation sites is 1. The summed E-state index contributed by atoms with van der Waals surface area (Å²) < 4.78 is 15.5. The van der Waals surface area contributed by atoms with Crippen LogP contribution in [0.3, 0.4) is 0 Å². The van der Waals surface area contributed by atoms with E-state index in [-0.39, 0.29) is 22.9 Å². The van der Waals surface area contributed by atoms with Gasteiger partial charge < -0.3 is 29.7 Å². The fraction of sp³-hybridized carbons (Fsp3) is 0.171. The first kappa shape index (κ1) is 35.3. The number of nitrogens with one attached hydrogen (secondary N) is 1. The Morgan fingerprint density at radius 2 is 1.31 bits per heavy atom. The maximum Gasteiger partial charge on any atom is 0.349 e. The van der Waals surface area contributed by atoms with Crippen LogP contribution in [0.2, 0.25) is 0 Å². The summed E-state index contributed by atoms with van der Waals surface area (Å²) in [6.07, 6.45) is -4.63. The quantitative estimate of drug-likeness (QED) is 0.107. The molecule has 3 atom stereocenters. The van der Waals surface area contributed by atoms with E-state index in [9.17, 15) is 39.5 Å². The lowest BCUT2D eigenvalue weighted by atomic mass is 10.0. The molecule has 0 spiro atoms. The molecule has 49 heavy (non-hydrogen) atoms. The summed E-state index contributed by atoms with van der Waals surface area (Å²) >= 11 is 0. The van der Waals surface area contributed by atoms with Crippen molar-refractivity contribution in [1.82, 2.24) is 5.32 Å². The third kappa shape index (κ3) is 9.71. The van der Waals surface area contributed by atoms with Crippen molar-refractivity contribution in [2.45, 2.75) is 25.2 Å². The van der Waals surface area contributed by atoms with Gasteiger partial charge in [0.2, 0.25) is 12.2 Å². The molecule has 1 heterocycles. The Hall–Kier alpha value is -6.57. The first-order valence-electron chi connectivity index (χ1n) is 14.8. The van der Waals surface area contributed by atoms with Crippen LogP contribution in [0.4, 0.5) is 5.69 Å². The second-order valence-electron chi connectivity index (χ2n) is 10.3. The van der Waals surface area contributed by atoms with Crippen LogP contribution in [0.15, 0.2) is 114 Å². The van der Waals surface area contributed by atoms with E-state index in [1.807, 2.05) is 37.3 Å². The van der Waals surface area contributed by atoms with Gasteiger partial charge in [0, 0.05) is 24.2 Å². The highest BCUT2D eigenvalue weighted by Gasteiger charge is 2.41. The Balaban J connectivity index is 0.000000222. The smallest absolute Gasteiger partial charge is 0.349 e. The third-order valence-corrected chi connectivity index (χ3v) is 6.89. The molecule has 0 radical (unpaired) electrons. The molecule has 1 aliphatic rings. The number of ether oxygens (including phenoxy) is 3. The van der Waals surface area contributed by atoms with Gasteiger partial charge in [0.15, 0.2) is 6.10 Å². The van der Waals surface area contributed by atoms with Gasteiger partial charge in [-0.15, -0.1) is 0 Å². The number of carboxylic acids is 2. The second kappa shape index (κ2) is 16.8. The molecule has 14 heteroatoms. The number of nitrogens with zero attached hydrogens (tertiary/aromatic N) is 2. The molecule has 14 nitrogen and oxygen atoms in total. The summed E-state index contributed by atoms with van der Waals surface area (Å²) in [7, 11) is 0. The van der Waals surface area contributed by atoms with Gasteiger partial charge in [0.25, 0.3) is 5.69 Å². The number of aliphatic imine (C=N–C) groups is 1. The van der Waals surface area contributed by atoms with E-state index in [1.54, 1.807) is 24.3 Å². The SMILES string of the molecule is C[C@H](Oc1ccccc1-c1cccc([N+](=O)[O-])c1)C1=NCCN1.O=C(O[C@@H](C(=O)O)[C@@H](OC(=O)c1ccccc1)C(=O)O)c1ccccc1. The lowest BCUT2D eigenvalue weighted by Gasteiger charge is -2.21. The van der Waals surface area contributed by atoms with Crippen LogP contribution in [0, 0.1) is 10.1 Å². The number of rotatable bonds is 12. The highest BCUT2D eigenvalue weighted by molar-refractivity contribution is 5.95. The van der Waals surface area contributed by atoms with Crippen LogP contribution in [0.25, 0.3) is 11.1 Å². The minimum absolute atomic E-state index is 0.0253. The minimum atomic E-state index is -2.21. The molecule has 252 valence electrons. The number of nitro benzene ring substituents is 1. The molecule has 0 fully saturated rings. The zero-order valence-electron chi connectivity index (χ0n) is 26.0. The van der Waals surface area contributed by atoms with Gasteiger partial charge in [0.05, 0.1) is 22.6 Å². The summed E-state index contributed by atoms with van der Waals surface area (Å²) in [5.74, 6) is -4.12. The van der Waals surface area contributed by atoms with E-state index in [0.29, 0.717) is 5.75 Å². The number of carboxylic acid groups (broad SMARTS) is 2. The molecule has 0 unspecified atom stereocenters. The number of benzene rings is 4. The van der Waals surface area contributed by atoms with E-state index >= 15 is 0 Å². The predicted octanol–water partition coefficient (Wildman–Crippen LogP) is 4.64. The van der Waals surface area contributed by atoms with Gasteiger partial charge in [-0.25, -0.2) is 19.2 Å². The van der Waals surface area contributed by atoms with Crippen LogP contribution < -0.4 is 10.1 Å². The van der Waals surface area contributed by atoms with Crippen molar-refractivity contribution in [3.63, 3.8) is 0 Å².